The molecule has 70 heavy (non-hydrogen) atoms. The highest BCUT2D eigenvalue weighted by Crippen LogP contribution is 2.53. The molecule has 3 aliphatic rings. The first-order chi connectivity index (χ1) is 33.3. The summed E-state index contributed by atoms with van der Waals surface area (Å²) in [6.45, 7) is 17.7. The van der Waals surface area contributed by atoms with Gasteiger partial charge in [-0.3, -0.25) is 4.99 Å². The lowest BCUT2D eigenvalue weighted by atomic mass is 9.78. The molecule has 2 atom stereocenters. The maximum Gasteiger partial charge on any atom is 0.336 e. The Kier molecular flexibility index (Phi) is 19.3. The highest BCUT2D eigenvalue weighted by atomic mass is 32.2. The molecular weight excluding hydrogens is 953 g/mol. The Hall–Kier alpha value is -4.14. The minimum Gasteiger partial charge on any atom is -0.744 e. The lowest BCUT2D eigenvalue weighted by Gasteiger charge is -2.30. The third kappa shape index (κ3) is 12.9. The van der Waals surface area contributed by atoms with E-state index in [1.807, 2.05) is 34.6 Å². The number of sulfonamides is 1. The van der Waals surface area contributed by atoms with E-state index in [2.05, 4.69) is 15.0 Å². The SMILES string of the molecule is CC1N=c2c(cc3c(c2S(=O)(=O)[O-])Oc2c(cc4c(c2S(=O)(=O)NCCOCCOCCOCCOCCOCCOCCOCCOCCN)NC(C)C4(C)C)C=3c2ccccc2C(=O)O)C1(C)C. The number of nitrogens with two attached hydrogens (primary N) is 1. The molecule has 388 valence electrons. The molecule has 0 fully saturated rings. The molecule has 0 spiro atoms. The van der Waals surface area contributed by atoms with Crippen LogP contribution in [0.15, 0.2) is 51.2 Å². The number of carbonyl (C=O) groups is 1. The lowest BCUT2D eigenvalue weighted by molar-refractivity contribution is -0.0228. The third-order valence-corrected chi connectivity index (χ3v) is 15.1. The van der Waals surface area contributed by atoms with Crippen molar-refractivity contribution in [3.8, 4) is 11.5 Å². The standard InChI is InChI=1S/C48H68N4O16S2/c1-31-47(3,4)37-29-35-39(33-9-7-8-10-34(33)46(53)54)36-30-38-41(52-32(2)48(38,5)6)45(70(57,58)59)43(36)68-42(35)44(40(37)51-31)69(55,56)50-12-14-61-16-18-63-20-22-65-24-26-67-28-27-66-25-23-64-21-19-62-17-15-60-13-11-49/h7-10,29-32,50-51H,11-28,49H2,1-6H3,(H,53,54)(H,57,58,59)/p-1. The van der Waals surface area contributed by atoms with Crippen molar-refractivity contribution in [2.75, 3.05) is 124 Å². The molecule has 2 unspecified atom stereocenters. The van der Waals surface area contributed by atoms with E-state index >= 15 is 0 Å². The van der Waals surface area contributed by atoms with E-state index in [1.54, 1.807) is 37.3 Å². The molecule has 3 aromatic carbocycles. The Bertz CT molecular complexity index is 2660. The van der Waals surface area contributed by atoms with Gasteiger partial charge in [-0.1, -0.05) is 45.9 Å². The number of carboxylic acids is 1. The number of nitrogens with one attached hydrogen (secondary N) is 2. The van der Waals surface area contributed by atoms with Gasteiger partial charge < -0.3 is 63.3 Å². The van der Waals surface area contributed by atoms with Gasteiger partial charge in [0.1, 0.15) is 19.9 Å². The van der Waals surface area contributed by atoms with Crippen LogP contribution in [0.5, 0.6) is 11.5 Å². The van der Waals surface area contributed by atoms with E-state index in [1.165, 1.54) is 6.07 Å². The van der Waals surface area contributed by atoms with Crippen LogP contribution in [0.25, 0.3) is 5.57 Å². The van der Waals surface area contributed by atoms with Gasteiger partial charge in [0, 0.05) is 46.3 Å². The zero-order valence-corrected chi connectivity index (χ0v) is 42.4. The van der Waals surface area contributed by atoms with Gasteiger partial charge in [0.25, 0.3) is 0 Å². The number of carboxylic acid groups (broad SMARTS) is 1. The monoisotopic (exact) mass is 1020 g/mol. The van der Waals surface area contributed by atoms with Gasteiger partial charge in [0.2, 0.25) is 10.0 Å². The number of hydrogen-bond acceptors (Lipinski definition) is 18. The number of nitrogens with zero attached hydrogens (tertiary/aromatic N) is 1. The Morgan fingerprint density at radius 3 is 1.71 bits per heavy atom. The van der Waals surface area contributed by atoms with Gasteiger partial charge in [-0.25, -0.2) is 26.4 Å². The molecule has 0 saturated heterocycles. The molecule has 3 aromatic rings. The molecule has 3 aliphatic heterocycles. The summed E-state index contributed by atoms with van der Waals surface area (Å²) in [7, 11) is -9.87. The molecule has 3 heterocycles. The van der Waals surface area contributed by atoms with Crippen molar-refractivity contribution in [3.05, 3.63) is 74.8 Å². The molecule has 22 heteroatoms. The average molecular weight is 1020 g/mol. The largest absolute Gasteiger partial charge is 0.744 e. The van der Waals surface area contributed by atoms with Crippen molar-refractivity contribution < 1.29 is 73.9 Å². The predicted octanol–water partition coefficient (Wildman–Crippen LogP) is 2.40. The summed E-state index contributed by atoms with van der Waals surface area (Å²) < 4.78 is 122. The number of aromatic carboxylic acids is 1. The average Bonchev–Trinajstić information content (AvgIpc) is 3.67. The topological polar surface area (TPSA) is 274 Å². The van der Waals surface area contributed by atoms with Crippen molar-refractivity contribution in [2.45, 2.75) is 74.2 Å². The van der Waals surface area contributed by atoms with Gasteiger partial charge in [0.05, 0.1) is 128 Å². The first kappa shape index (κ1) is 55.2. The summed E-state index contributed by atoms with van der Waals surface area (Å²) in [5.41, 5.74) is 5.65. The highest BCUT2D eigenvalue weighted by Gasteiger charge is 2.45. The number of hydrogen-bond donors (Lipinski definition) is 4. The third-order valence-electron chi connectivity index (χ3n) is 12.7. The first-order valence-electron chi connectivity index (χ1n) is 23.4. The molecule has 0 saturated carbocycles. The minimum absolute atomic E-state index is 0.0334. The first-order valence-corrected chi connectivity index (χ1v) is 26.3. The number of ether oxygens (including phenoxy) is 9. The van der Waals surface area contributed by atoms with Crippen LogP contribution in [-0.2, 0) is 68.9 Å². The zero-order chi connectivity index (χ0) is 50.7. The molecule has 20 nitrogen and oxygen atoms in total. The predicted molar refractivity (Wildman–Crippen MR) is 256 cm³/mol. The highest BCUT2D eigenvalue weighted by molar-refractivity contribution is 7.89. The van der Waals surface area contributed by atoms with Crippen LogP contribution in [-0.4, -0.2) is 163 Å². The normalized spacial score (nSPS) is 17.6. The Balaban J connectivity index is 1.06. The maximum atomic E-state index is 14.7. The van der Waals surface area contributed by atoms with Crippen molar-refractivity contribution in [2.24, 2.45) is 10.7 Å². The fourth-order valence-corrected chi connectivity index (χ4v) is 10.4. The molecule has 0 aromatic heterocycles. The maximum absolute atomic E-state index is 14.7. The Morgan fingerprint density at radius 2 is 1.21 bits per heavy atom. The van der Waals surface area contributed by atoms with E-state index in [0.717, 1.165) is 0 Å². The van der Waals surface area contributed by atoms with Gasteiger partial charge >= 0.3 is 5.97 Å². The summed E-state index contributed by atoms with van der Waals surface area (Å²) >= 11 is 0. The van der Waals surface area contributed by atoms with E-state index in [-0.39, 0.29) is 81.6 Å². The van der Waals surface area contributed by atoms with Gasteiger partial charge in [-0.05, 0) is 48.7 Å². The summed E-state index contributed by atoms with van der Waals surface area (Å²) in [5.74, 6) is -1.99. The van der Waals surface area contributed by atoms with Crippen LogP contribution < -0.4 is 31.1 Å². The summed E-state index contributed by atoms with van der Waals surface area (Å²) in [6, 6.07) is 8.84. The smallest absolute Gasteiger partial charge is 0.336 e. The summed E-state index contributed by atoms with van der Waals surface area (Å²) in [6.07, 6.45) is 0. The summed E-state index contributed by atoms with van der Waals surface area (Å²) in [5, 5.41) is 13.8. The second kappa shape index (κ2) is 24.5. The van der Waals surface area contributed by atoms with Crippen LogP contribution in [0.3, 0.4) is 0 Å². The van der Waals surface area contributed by atoms with E-state index in [0.29, 0.717) is 104 Å². The zero-order valence-electron chi connectivity index (χ0n) is 40.8. The molecule has 0 radical (unpaired) electrons. The van der Waals surface area contributed by atoms with Crippen LogP contribution in [0.1, 0.15) is 74.2 Å². The van der Waals surface area contributed by atoms with Gasteiger partial charge in [0.15, 0.2) is 11.5 Å². The number of rotatable bonds is 31. The van der Waals surface area contributed by atoms with Gasteiger partial charge in [-0.15, -0.1) is 0 Å². The van der Waals surface area contributed by atoms with Crippen LogP contribution >= 0.6 is 0 Å². The minimum atomic E-state index is -5.34. The van der Waals surface area contributed by atoms with Crippen molar-refractivity contribution in [1.82, 2.24) is 4.72 Å². The molecular formula is C48H67N4O16S2-. The van der Waals surface area contributed by atoms with Crippen molar-refractivity contribution >= 4 is 37.4 Å². The Morgan fingerprint density at radius 1 is 0.714 bits per heavy atom. The number of benzene rings is 3. The van der Waals surface area contributed by atoms with Crippen LogP contribution in [0.4, 0.5) is 5.69 Å². The molecule has 0 bridgehead atoms. The van der Waals surface area contributed by atoms with Crippen LogP contribution in [0, 0.1) is 0 Å². The number of fused-ring (bicyclic) bond motifs is 4. The van der Waals surface area contributed by atoms with Crippen LogP contribution in [0.2, 0.25) is 0 Å². The second-order valence-electron chi connectivity index (χ2n) is 18.0. The van der Waals surface area contributed by atoms with Crippen molar-refractivity contribution in [3.63, 3.8) is 0 Å². The fourth-order valence-electron chi connectivity index (χ4n) is 8.28. The molecule has 0 aliphatic carbocycles. The van der Waals surface area contributed by atoms with E-state index < -0.39 is 53.6 Å². The quantitative estimate of drug-likeness (QED) is 0.0416. The second-order valence-corrected chi connectivity index (χ2v) is 21.0. The lowest BCUT2D eigenvalue weighted by Crippen LogP contribution is -2.34. The molecule has 0 amide bonds. The molecule has 5 N–H and O–H groups in total. The van der Waals surface area contributed by atoms with Crippen molar-refractivity contribution in [1.29, 1.82) is 0 Å². The van der Waals surface area contributed by atoms with E-state index in [4.69, 9.17) is 48.4 Å². The molecule has 6 rings (SSSR count). The van der Waals surface area contributed by atoms with E-state index in [9.17, 15) is 31.3 Å². The fraction of sp³-hybridized carbons (Fsp3) is 0.583. The Labute approximate surface area is 409 Å². The number of anilines is 1. The summed E-state index contributed by atoms with van der Waals surface area (Å²) in [4.78, 5) is 16.3. The van der Waals surface area contributed by atoms with Gasteiger partial charge in [-0.2, -0.15) is 0 Å².